The zero-order valence-electron chi connectivity index (χ0n) is 52.8. The maximum Gasteiger partial charge on any atom is 0.243 e. The molecule has 1 heterocycles. The maximum atomic E-state index is 16.1. The Morgan fingerprint density at radius 3 is 1.08 bits per heavy atom. The van der Waals surface area contributed by atoms with E-state index in [1.54, 1.807) is 0 Å². The molecule has 1 aliphatic rings. The van der Waals surface area contributed by atoms with Crippen molar-refractivity contribution in [2.24, 2.45) is 88.0 Å². The fraction of sp³-hybridized carbons (Fsp3) is 0.537. The van der Waals surface area contributed by atoms with Gasteiger partial charge in [0.1, 0.15) is 36.5 Å². The molecule has 0 saturated carbocycles. The molecule has 1 aliphatic heterocycles. The van der Waals surface area contributed by atoms with Crippen LogP contribution in [0.25, 0.3) is 11.1 Å². The highest BCUT2D eigenvalue weighted by molar-refractivity contribution is 7.99. The molecule has 44 heteroatoms. The van der Waals surface area contributed by atoms with Crippen molar-refractivity contribution < 1.29 is 78.7 Å². The van der Waals surface area contributed by atoms with E-state index >= 15 is 35.1 Å². The second-order valence-corrected chi connectivity index (χ2v) is 23.5. The molecule has 546 valence electrons. The van der Waals surface area contributed by atoms with Gasteiger partial charge in [0.05, 0.1) is 39.5 Å². The summed E-state index contributed by atoms with van der Waals surface area (Å²) >= 11 is -0.305. The van der Waals surface area contributed by atoms with Gasteiger partial charge in [0.2, 0.25) is 41.4 Å². The number of hydrogen-bond donors (Lipinski definition) is 20. The van der Waals surface area contributed by atoms with Gasteiger partial charge >= 0.3 is 0 Å². The van der Waals surface area contributed by atoms with Gasteiger partial charge in [0, 0.05) is 70.4 Å². The number of nitrogens with two attached hydrogens (primary N) is 11. The molecule has 0 radical (unpaired) electrons. The van der Waals surface area contributed by atoms with Crippen molar-refractivity contribution >= 4 is 101 Å². The van der Waals surface area contributed by atoms with Crippen LogP contribution < -0.4 is 106 Å². The summed E-state index contributed by atoms with van der Waals surface area (Å²) in [5.74, 6) is -30.4. The molecule has 98 heavy (non-hydrogen) atoms. The molecule has 3 rings (SSSR count). The molecule has 2 aromatic rings. The van der Waals surface area contributed by atoms with Crippen LogP contribution in [0, 0.1) is 46.5 Å². The molecule has 0 aliphatic carbocycles. The molecule has 1 saturated heterocycles. The van der Waals surface area contributed by atoms with E-state index in [0.717, 1.165) is 0 Å². The van der Waals surface area contributed by atoms with E-state index in [0.29, 0.717) is 13.1 Å². The predicted octanol–water partition coefficient (Wildman–Crippen LogP) is -5.24. The molecular weight excluding hydrogens is 1360 g/mol. The van der Waals surface area contributed by atoms with E-state index in [9.17, 15) is 38.4 Å². The maximum absolute atomic E-state index is 16.1. The van der Waals surface area contributed by atoms with Crippen molar-refractivity contribution in [3.8, 4) is 11.1 Å². The zero-order valence-corrected chi connectivity index (χ0v) is 54.4. The lowest BCUT2D eigenvalue weighted by Crippen LogP contribution is -2.60. The summed E-state index contributed by atoms with van der Waals surface area (Å²) in [7, 11) is 0. The smallest absolute Gasteiger partial charge is 0.243 e. The largest absolute Gasteiger partial charge is 0.370 e. The van der Waals surface area contributed by atoms with Crippen molar-refractivity contribution in [1.82, 2.24) is 47.6 Å². The average molecular weight is 1440 g/mol. The monoisotopic (exact) mass is 1440 g/mol. The molecule has 0 bridgehead atoms. The number of piperazine rings is 1. The predicted molar refractivity (Wildman–Crippen MR) is 347 cm³/mol. The fourth-order valence-corrected chi connectivity index (χ4v) is 10.9. The number of carbonyl (C=O) groups is 8. The fourth-order valence-electron chi connectivity index (χ4n) is 8.97. The van der Waals surface area contributed by atoms with E-state index in [1.807, 2.05) is 0 Å². The Balaban J connectivity index is 2.13. The minimum absolute atomic E-state index is 0.00237. The number of halogens is 8. The molecule has 7 atom stereocenters. The molecule has 1 fully saturated rings. The van der Waals surface area contributed by atoms with Crippen molar-refractivity contribution in [2.45, 2.75) is 116 Å². The Labute approximate surface area is 564 Å². The summed E-state index contributed by atoms with van der Waals surface area (Å²) in [5.41, 5.74) is 57.9. The minimum Gasteiger partial charge on any atom is -0.370 e. The van der Waals surface area contributed by atoms with E-state index in [-0.39, 0.29) is 157 Å². The summed E-state index contributed by atoms with van der Waals surface area (Å²) in [6.45, 7) is -0.0329. The highest BCUT2D eigenvalue weighted by Crippen LogP contribution is 2.42. The first-order chi connectivity index (χ1) is 46.3. The number of carbonyl (C=O) groups excluding carboxylic acids is 8. The number of aliphatic imine (C=N–C) groups is 5. The van der Waals surface area contributed by atoms with E-state index in [2.05, 4.69) is 62.2 Å². The van der Waals surface area contributed by atoms with Gasteiger partial charge in [0.25, 0.3) is 0 Å². The SMILES string of the molecule is NC(N)=NCCCC(N)C(=O)NC(CCCN=C(N)N)C(=O)NC(CCCN=C(N)N)C(=O)NC(CCCN=C(N)N)C(=O)NC(CCCN=C(N)N)C(=O)NC(CSc1c(F)c(F)c(-c2c(F)c(F)c(SCC(C=O)NO)c(F)c2F)c(F)c1F)C(=O)NCC(=O)N1CCNCC1. The Bertz CT molecular complexity index is 3190. The summed E-state index contributed by atoms with van der Waals surface area (Å²) in [6.07, 6.45) is -0.894. The van der Waals surface area contributed by atoms with Crippen LogP contribution in [0.1, 0.15) is 64.2 Å². The molecule has 0 spiro atoms. The van der Waals surface area contributed by atoms with E-state index < -0.39 is 182 Å². The standard InChI is InChI=1S/C54H83F8N25O9S2/c55-34-32(35(56)39(60)42(38(34)59)97-22-24(21-88)86-96)33-36(57)40(61)43(41(62)37(33)58)98-23-30(45(91)80-20-31(89)87-18-16-74-17-19-87)85-49(95)29(10-5-15-79-54(72)73)84-48(94)28(9-4-14-78-53(70)71)83-47(93)27(8-3-13-77-52(68)69)82-46(92)26(7-2-12-76-51(66)67)81-44(90)25(63)6-1-11-75-50(64)65/h21,24-30,74,86,96H,1-20,22-23,63H2,(H,80,91)(H,81,90)(H,82,92)(H,83,93)(H,84,94)(H,85,95)(H4,64,65,75)(H4,66,67,76)(H4,68,69,77)(H4,70,71,78)(H4,72,73,79). The zero-order chi connectivity index (χ0) is 73.3. The van der Waals surface area contributed by atoms with Gasteiger partial charge in [-0.1, -0.05) is 0 Å². The van der Waals surface area contributed by atoms with Crippen LogP contribution >= 0.6 is 23.5 Å². The quantitative estimate of drug-likeness (QED) is 0.00432. The summed E-state index contributed by atoms with van der Waals surface area (Å²) < 4.78 is 126. The number of rotatable bonds is 42. The highest BCUT2D eigenvalue weighted by Gasteiger charge is 2.37. The van der Waals surface area contributed by atoms with Gasteiger partial charge in [-0.25, -0.2) is 35.1 Å². The number of thioether (sulfide) groups is 2. The third kappa shape index (κ3) is 27.3. The molecule has 7 unspecified atom stereocenters. The van der Waals surface area contributed by atoms with Crippen LogP contribution in [0.3, 0.4) is 0 Å². The molecule has 2 aromatic carbocycles. The first-order valence-electron chi connectivity index (χ1n) is 30.0. The Hall–Kier alpha value is -9.27. The lowest BCUT2D eigenvalue weighted by molar-refractivity contribution is -0.136. The van der Waals surface area contributed by atoms with Crippen molar-refractivity contribution in [3.63, 3.8) is 0 Å². The number of aldehydes is 1. The lowest BCUT2D eigenvalue weighted by atomic mass is 10.0. The minimum atomic E-state index is -2.61. The number of nitrogens with zero attached hydrogens (tertiary/aromatic N) is 6. The molecule has 31 N–H and O–H groups in total. The van der Waals surface area contributed by atoms with Crippen LogP contribution in [-0.4, -0.2) is 207 Å². The van der Waals surface area contributed by atoms with E-state index in [4.69, 9.17) is 68.3 Å². The van der Waals surface area contributed by atoms with Crippen LogP contribution in [0.2, 0.25) is 0 Å². The summed E-state index contributed by atoms with van der Waals surface area (Å²) in [5, 5.41) is 26.6. The van der Waals surface area contributed by atoms with Gasteiger partial charge in [-0.3, -0.25) is 58.5 Å². The van der Waals surface area contributed by atoms with Crippen molar-refractivity contribution in [2.75, 3.05) is 77.0 Å². The summed E-state index contributed by atoms with van der Waals surface area (Å²) in [4.78, 5) is 127. The number of amides is 7. The van der Waals surface area contributed by atoms with Crippen LogP contribution in [0.5, 0.6) is 0 Å². The van der Waals surface area contributed by atoms with Crippen LogP contribution in [-0.2, 0) is 38.4 Å². The van der Waals surface area contributed by atoms with Gasteiger partial charge in [-0.2, -0.15) is 5.48 Å². The molecule has 0 aromatic heterocycles. The Kier molecular flexibility index (Phi) is 35.9. The van der Waals surface area contributed by atoms with Crippen LogP contribution in [0.15, 0.2) is 34.8 Å². The Morgan fingerprint density at radius 2 is 0.765 bits per heavy atom. The number of nitrogens with one attached hydrogen (secondary N) is 8. The number of benzene rings is 2. The third-order valence-electron chi connectivity index (χ3n) is 14.0. The number of guanidine groups is 5. The number of hydrogen-bond acceptors (Lipinski definition) is 19. The van der Waals surface area contributed by atoms with Gasteiger partial charge < -0.3 is 115 Å². The normalized spacial score (nSPS) is 14.1. The second-order valence-electron chi connectivity index (χ2n) is 21.4. The van der Waals surface area contributed by atoms with Gasteiger partial charge in [-0.05, 0) is 64.2 Å². The second kappa shape index (κ2) is 42.4. The number of hydroxylamine groups is 1. The summed E-state index contributed by atoms with van der Waals surface area (Å²) in [6, 6.07) is -11.3. The topological polar surface area (TPSA) is 604 Å². The van der Waals surface area contributed by atoms with Gasteiger partial charge in [0.15, 0.2) is 76.3 Å². The van der Waals surface area contributed by atoms with Crippen molar-refractivity contribution in [3.05, 3.63) is 46.5 Å². The first kappa shape index (κ1) is 83.0. The molecular formula is C54H83F8N25O9S2. The molecule has 34 nitrogen and oxygen atoms in total. The van der Waals surface area contributed by atoms with Crippen LogP contribution in [0.4, 0.5) is 35.1 Å². The first-order valence-corrected chi connectivity index (χ1v) is 32.0. The van der Waals surface area contributed by atoms with Gasteiger partial charge in [-0.15, -0.1) is 23.5 Å². The average Bonchev–Trinajstić information content (AvgIpc) is 0.748. The van der Waals surface area contributed by atoms with Crippen molar-refractivity contribution in [1.29, 1.82) is 0 Å². The molecule has 7 amide bonds. The highest BCUT2D eigenvalue weighted by atomic mass is 32.2. The van der Waals surface area contributed by atoms with E-state index in [1.165, 1.54) is 10.4 Å². The third-order valence-corrected chi connectivity index (χ3v) is 16.3. The lowest BCUT2D eigenvalue weighted by Gasteiger charge is -2.28. The Morgan fingerprint density at radius 1 is 0.459 bits per heavy atom.